The lowest BCUT2D eigenvalue weighted by Gasteiger charge is -2.13. The fourth-order valence-corrected chi connectivity index (χ4v) is 2.38. The molecule has 0 aliphatic rings. The Morgan fingerprint density at radius 3 is 2.31 bits per heavy atom. The largest absolute Gasteiger partial charge is 0.355 e. The summed E-state index contributed by atoms with van der Waals surface area (Å²) in [5.41, 5.74) is 3.19. The van der Waals surface area contributed by atoms with E-state index in [0.717, 1.165) is 11.1 Å². The van der Waals surface area contributed by atoms with Crippen molar-refractivity contribution < 1.29 is 9.18 Å². The van der Waals surface area contributed by atoms with Crippen LogP contribution < -0.4 is 16.0 Å². The molecule has 2 aromatic carbocycles. The summed E-state index contributed by atoms with van der Waals surface area (Å²) in [6.07, 6.45) is 0. The van der Waals surface area contributed by atoms with Crippen LogP contribution in [0.3, 0.4) is 0 Å². The van der Waals surface area contributed by atoms with Crippen molar-refractivity contribution in [2.45, 2.75) is 20.0 Å². The molecule has 3 N–H and O–H groups in total. The van der Waals surface area contributed by atoms with Crippen molar-refractivity contribution in [3.63, 3.8) is 0 Å². The second-order valence-electron chi connectivity index (χ2n) is 5.64. The highest BCUT2D eigenvalue weighted by atomic mass is 127. The van der Waals surface area contributed by atoms with Gasteiger partial charge in [-0.1, -0.05) is 24.3 Å². The van der Waals surface area contributed by atoms with Crippen molar-refractivity contribution >= 4 is 35.8 Å². The molecule has 0 spiro atoms. The Morgan fingerprint density at radius 1 is 1.08 bits per heavy atom. The minimum atomic E-state index is -0.206. The molecule has 0 radical (unpaired) electrons. The fraction of sp³-hybridized carbons (Fsp3) is 0.263. The van der Waals surface area contributed by atoms with Gasteiger partial charge >= 0.3 is 0 Å². The molecule has 0 fully saturated rings. The monoisotopic (exact) mass is 470 g/mol. The first kappa shape index (κ1) is 21.9. The van der Waals surface area contributed by atoms with Gasteiger partial charge in [0.25, 0.3) is 5.91 Å². The van der Waals surface area contributed by atoms with Crippen molar-refractivity contribution in [2.24, 2.45) is 4.99 Å². The summed E-state index contributed by atoms with van der Waals surface area (Å²) in [5.74, 6) is 0.311. The lowest BCUT2D eigenvalue weighted by Crippen LogP contribution is -2.36. The number of benzene rings is 2. The fourth-order valence-electron chi connectivity index (χ4n) is 2.38. The van der Waals surface area contributed by atoms with Crippen LogP contribution in [0.2, 0.25) is 0 Å². The SMILES string of the molecule is CN=C(NCc1cccc(C(=O)NC)c1)NCc1ccc(F)c(C)c1.I. The van der Waals surface area contributed by atoms with Crippen LogP contribution in [-0.4, -0.2) is 26.0 Å². The van der Waals surface area contributed by atoms with Crippen LogP contribution in [0.5, 0.6) is 0 Å². The third kappa shape index (κ3) is 6.29. The van der Waals surface area contributed by atoms with Gasteiger partial charge in [-0.15, -0.1) is 24.0 Å². The Balaban J connectivity index is 0.00000338. The highest BCUT2D eigenvalue weighted by molar-refractivity contribution is 14.0. The summed E-state index contributed by atoms with van der Waals surface area (Å²) in [6, 6.07) is 12.4. The van der Waals surface area contributed by atoms with Crippen LogP contribution in [0.15, 0.2) is 47.5 Å². The van der Waals surface area contributed by atoms with Gasteiger partial charge in [-0.05, 0) is 41.8 Å². The predicted octanol–water partition coefficient (Wildman–Crippen LogP) is 2.98. The second kappa shape index (κ2) is 10.7. The molecule has 5 nitrogen and oxygen atoms in total. The number of carbonyl (C=O) groups excluding carboxylic acids is 1. The van der Waals surface area contributed by atoms with E-state index in [1.54, 1.807) is 33.2 Å². The van der Waals surface area contributed by atoms with Crippen molar-refractivity contribution in [1.82, 2.24) is 16.0 Å². The van der Waals surface area contributed by atoms with Crippen LogP contribution in [0.25, 0.3) is 0 Å². The first-order chi connectivity index (χ1) is 12.0. The molecule has 0 aromatic heterocycles. The molecule has 0 saturated heterocycles. The number of aryl methyl sites for hydroxylation is 1. The number of hydrogen-bond acceptors (Lipinski definition) is 2. The molecule has 0 aliphatic heterocycles. The van der Waals surface area contributed by atoms with E-state index in [2.05, 4.69) is 20.9 Å². The minimum absolute atomic E-state index is 0. The minimum Gasteiger partial charge on any atom is -0.355 e. The smallest absolute Gasteiger partial charge is 0.251 e. The number of nitrogens with one attached hydrogen (secondary N) is 3. The van der Waals surface area contributed by atoms with Crippen molar-refractivity contribution in [2.75, 3.05) is 14.1 Å². The number of aliphatic imine (C=N–C) groups is 1. The van der Waals surface area contributed by atoms with Gasteiger partial charge in [0.2, 0.25) is 0 Å². The quantitative estimate of drug-likeness (QED) is 0.358. The lowest BCUT2D eigenvalue weighted by molar-refractivity contribution is 0.0963. The molecule has 0 heterocycles. The molecular formula is C19H24FIN4O. The zero-order chi connectivity index (χ0) is 18.2. The number of hydrogen-bond donors (Lipinski definition) is 3. The molecular weight excluding hydrogens is 446 g/mol. The number of rotatable bonds is 5. The zero-order valence-corrected chi connectivity index (χ0v) is 17.4. The van der Waals surface area contributed by atoms with Crippen LogP contribution in [-0.2, 0) is 13.1 Å². The average molecular weight is 470 g/mol. The highest BCUT2D eigenvalue weighted by Gasteiger charge is 2.05. The van der Waals surface area contributed by atoms with E-state index in [4.69, 9.17) is 0 Å². The predicted molar refractivity (Wildman–Crippen MR) is 113 cm³/mol. The number of nitrogens with zero attached hydrogens (tertiary/aromatic N) is 1. The average Bonchev–Trinajstić information content (AvgIpc) is 2.64. The molecule has 0 bridgehead atoms. The maximum Gasteiger partial charge on any atom is 0.251 e. The molecule has 1 amide bonds. The lowest BCUT2D eigenvalue weighted by atomic mass is 10.1. The number of guanidine groups is 1. The molecule has 0 unspecified atom stereocenters. The summed E-state index contributed by atoms with van der Waals surface area (Å²) in [7, 11) is 3.29. The summed E-state index contributed by atoms with van der Waals surface area (Å²) in [6.45, 7) is 2.82. The number of carbonyl (C=O) groups is 1. The van der Waals surface area contributed by atoms with E-state index in [9.17, 15) is 9.18 Å². The van der Waals surface area contributed by atoms with Crippen molar-refractivity contribution in [3.8, 4) is 0 Å². The molecule has 140 valence electrons. The van der Waals surface area contributed by atoms with Crippen LogP contribution >= 0.6 is 24.0 Å². The zero-order valence-electron chi connectivity index (χ0n) is 15.1. The van der Waals surface area contributed by atoms with E-state index in [-0.39, 0.29) is 35.7 Å². The van der Waals surface area contributed by atoms with E-state index < -0.39 is 0 Å². The van der Waals surface area contributed by atoms with Crippen LogP contribution in [0.1, 0.15) is 27.0 Å². The third-order valence-corrected chi connectivity index (χ3v) is 3.78. The van der Waals surface area contributed by atoms with Crippen molar-refractivity contribution in [1.29, 1.82) is 0 Å². The summed E-state index contributed by atoms with van der Waals surface area (Å²) in [4.78, 5) is 15.8. The molecule has 0 aliphatic carbocycles. The second-order valence-corrected chi connectivity index (χ2v) is 5.64. The molecule has 7 heteroatoms. The maximum absolute atomic E-state index is 13.3. The standard InChI is InChI=1S/C19H23FN4O.HI/c1-13-9-15(7-8-17(13)20)12-24-19(22-3)23-11-14-5-4-6-16(10-14)18(25)21-2;/h4-10H,11-12H2,1-3H3,(H,21,25)(H2,22,23,24);1H. The maximum atomic E-state index is 13.3. The summed E-state index contributed by atoms with van der Waals surface area (Å²) >= 11 is 0. The van der Waals surface area contributed by atoms with Gasteiger partial charge in [0.05, 0.1) is 0 Å². The van der Waals surface area contributed by atoms with Gasteiger partial charge in [0.15, 0.2) is 5.96 Å². The number of halogens is 2. The Morgan fingerprint density at radius 2 is 1.73 bits per heavy atom. The van der Waals surface area contributed by atoms with E-state index in [0.29, 0.717) is 30.2 Å². The van der Waals surface area contributed by atoms with Gasteiger partial charge in [0.1, 0.15) is 5.82 Å². The first-order valence-corrected chi connectivity index (χ1v) is 8.04. The molecule has 26 heavy (non-hydrogen) atoms. The van der Waals surface area contributed by atoms with Gasteiger partial charge in [0, 0.05) is 32.7 Å². The van der Waals surface area contributed by atoms with Crippen LogP contribution in [0, 0.1) is 12.7 Å². The number of amides is 1. The summed E-state index contributed by atoms with van der Waals surface area (Å²) < 4.78 is 13.3. The normalized spacial score (nSPS) is 10.7. The van der Waals surface area contributed by atoms with Gasteiger partial charge in [-0.3, -0.25) is 9.79 Å². The Kier molecular flexibility index (Phi) is 9.04. The van der Waals surface area contributed by atoms with Gasteiger partial charge in [-0.25, -0.2) is 4.39 Å². The topological polar surface area (TPSA) is 65.5 Å². The van der Waals surface area contributed by atoms with E-state index in [1.165, 1.54) is 6.07 Å². The van der Waals surface area contributed by atoms with Crippen LogP contribution in [0.4, 0.5) is 4.39 Å². The van der Waals surface area contributed by atoms with Gasteiger partial charge in [-0.2, -0.15) is 0 Å². The van der Waals surface area contributed by atoms with Crippen molar-refractivity contribution in [3.05, 3.63) is 70.5 Å². The van der Waals surface area contributed by atoms with E-state index >= 15 is 0 Å². The van der Waals surface area contributed by atoms with Gasteiger partial charge < -0.3 is 16.0 Å². The molecule has 0 saturated carbocycles. The molecule has 2 aromatic rings. The molecule has 2 rings (SSSR count). The Bertz CT molecular complexity index is 780. The van der Waals surface area contributed by atoms with E-state index in [1.807, 2.05) is 24.3 Å². The molecule has 0 atom stereocenters. The first-order valence-electron chi connectivity index (χ1n) is 8.04. The summed E-state index contributed by atoms with van der Waals surface area (Å²) in [5, 5.41) is 9.00. The third-order valence-electron chi connectivity index (χ3n) is 3.78. The Hall–Kier alpha value is -2.16. The Labute approximate surface area is 170 Å². The highest BCUT2D eigenvalue weighted by Crippen LogP contribution is 2.09.